The molecular weight excluding hydrogens is 572 g/mol. The van der Waals surface area contributed by atoms with Gasteiger partial charge in [-0.05, 0) is 100.0 Å². The van der Waals surface area contributed by atoms with Gasteiger partial charge >= 0.3 is 6.09 Å². The average molecular weight is 616 g/mol. The molecule has 45 heavy (non-hydrogen) atoms. The fourth-order valence-electron chi connectivity index (χ4n) is 8.35. The molecule has 2 saturated heterocycles. The highest BCUT2D eigenvalue weighted by atomic mass is 19.1. The highest BCUT2D eigenvalue weighted by molar-refractivity contribution is 5.67. The van der Waals surface area contributed by atoms with Crippen LogP contribution in [0.2, 0.25) is 0 Å². The zero-order chi connectivity index (χ0) is 31.6. The van der Waals surface area contributed by atoms with Gasteiger partial charge in [-0.25, -0.2) is 18.4 Å². The lowest BCUT2D eigenvalue weighted by Gasteiger charge is -2.51. The number of piperidine rings is 1. The summed E-state index contributed by atoms with van der Waals surface area (Å²) in [7, 11) is 1.56. The number of halogens is 2. The van der Waals surface area contributed by atoms with Crippen LogP contribution in [0.15, 0.2) is 60.8 Å². The third-order valence-corrected chi connectivity index (χ3v) is 10.6. The number of likely N-dealkylation sites (tertiary alicyclic amines) is 1. The van der Waals surface area contributed by atoms with Crippen molar-refractivity contribution in [3.05, 3.63) is 95.1 Å². The van der Waals surface area contributed by atoms with E-state index in [1.54, 1.807) is 7.05 Å². The van der Waals surface area contributed by atoms with Crippen molar-refractivity contribution in [2.24, 2.45) is 17.8 Å². The second kappa shape index (κ2) is 13.2. The number of carbonyl (C=O) groups excluding carboxylic acids is 1. The Bertz CT molecular complexity index is 1500. The molecule has 238 valence electrons. The highest BCUT2D eigenvalue weighted by Gasteiger charge is 2.53. The predicted octanol–water partition coefficient (Wildman–Crippen LogP) is 6.94. The number of alkyl carbamates (subject to hydrolysis) is 1. The smallest absolute Gasteiger partial charge is 0.407 e. The number of amides is 1. The Kier molecular flexibility index (Phi) is 9.14. The molecule has 1 N–H and O–H groups in total. The summed E-state index contributed by atoms with van der Waals surface area (Å²) >= 11 is 0. The molecule has 1 aromatic heterocycles. The second-order valence-electron chi connectivity index (χ2n) is 13.2. The number of carbonyl (C=O) groups is 1. The van der Waals surface area contributed by atoms with Crippen molar-refractivity contribution >= 4 is 17.5 Å². The molecule has 1 aliphatic carbocycles. The first-order valence-electron chi connectivity index (χ1n) is 16.2. The molecule has 1 amide bonds. The quantitative estimate of drug-likeness (QED) is 0.265. The van der Waals surface area contributed by atoms with E-state index in [0.29, 0.717) is 23.7 Å². The molecule has 1 saturated carbocycles. The summed E-state index contributed by atoms with van der Waals surface area (Å²) in [6.45, 7) is 14.7. The number of aromatic nitrogens is 1. The van der Waals surface area contributed by atoms with Gasteiger partial charge < -0.3 is 24.4 Å². The van der Waals surface area contributed by atoms with Gasteiger partial charge in [0.1, 0.15) is 17.7 Å². The van der Waals surface area contributed by atoms with E-state index in [2.05, 4.69) is 43.7 Å². The minimum Gasteiger partial charge on any atom is -0.446 e. The molecule has 3 aromatic rings. The standard InChI is InChI=1S/C36H43F2N5O2/c1-25-6-5-15-42(25)24-36(28-18-29(37)20-30(38)19-28,33-7-4-8-34(33)45-35(44)40-3)27-13-16-41(17-14-27)21-26-22-43(23-26)32-11-9-31(39-2)10-12-32/h5-6,9-12,15,18-20,26-27,33-34H,4,7-8,13-14,16-17,21-24H2,1,3H3,(H,40,44)/t33-,34-,36?/m1/s1. The molecule has 3 heterocycles. The first-order chi connectivity index (χ1) is 21.8. The van der Waals surface area contributed by atoms with Gasteiger partial charge in [0.15, 0.2) is 5.69 Å². The SMILES string of the molecule is [C-]#[N+]c1ccc(N2CC(CN3CCC(C(Cn4cccc4C)(c4cc(F)cc(F)c4)[C@@H]4CCC[C@H]4OC(=O)NC)CC3)C2)cc1. The number of anilines is 1. The largest absolute Gasteiger partial charge is 0.446 e. The Morgan fingerprint density at radius 2 is 1.76 bits per heavy atom. The van der Waals surface area contributed by atoms with E-state index in [1.165, 1.54) is 12.1 Å². The summed E-state index contributed by atoms with van der Waals surface area (Å²) < 4.78 is 38.2. The zero-order valence-corrected chi connectivity index (χ0v) is 26.2. The van der Waals surface area contributed by atoms with Crippen molar-refractivity contribution in [2.75, 3.05) is 44.7 Å². The van der Waals surface area contributed by atoms with E-state index in [-0.39, 0.29) is 17.9 Å². The molecule has 9 heteroatoms. The summed E-state index contributed by atoms with van der Waals surface area (Å²) in [6.07, 6.45) is 5.51. The number of rotatable bonds is 9. The van der Waals surface area contributed by atoms with Crippen LogP contribution < -0.4 is 10.2 Å². The molecular formula is C36H43F2N5O2. The van der Waals surface area contributed by atoms with Gasteiger partial charge in [-0.1, -0.05) is 12.1 Å². The third kappa shape index (κ3) is 6.44. The Balaban J connectivity index is 1.24. The normalized spacial score (nSPS) is 22.4. The number of nitrogens with one attached hydrogen (secondary N) is 1. The molecule has 1 unspecified atom stereocenters. The summed E-state index contributed by atoms with van der Waals surface area (Å²) in [5, 5.41) is 2.60. The molecule has 3 aliphatic rings. The van der Waals surface area contributed by atoms with Gasteiger partial charge in [0.2, 0.25) is 0 Å². The van der Waals surface area contributed by atoms with Crippen LogP contribution in [0, 0.1) is 42.9 Å². The van der Waals surface area contributed by atoms with Crippen LogP contribution in [-0.2, 0) is 16.7 Å². The molecule has 0 bridgehead atoms. The summed E-state index contributed by atoms with van der Waals surface area (Å²) in [5.41, 5.74) is 2.96. The number of hydrogen-bond acceptors (Lipinski definition) is 4. The van der Waals surface area contributed by atoms with Crippen LogP contribution in [-0.4, -0.2) is 61.4 Å². The van der Waals surface area contributed by atoms with Crippen molar-refractivity contribution in [3.63, 3.8) is 0 Å². The maximum Gasteiger partial charge on any atom is 0.407 e. The minimum absolute atomic E-state index is 0.0798. The van der Waals surface area contributed by atoms with Crippen LogP contribution >= 0.6 is 0 Å². The number of nitrogens with zero attached hydrogens (tertiary/aromatic N) is 4. The Morgan fingerprint density at radius 3 is 2.38 bits per heavy atom. The number of benzene rings is 2. The van der Waals surface area contributed by atoms with E-state index in [1.807, 2.05) is 30.3 Å². The third-order valence-electron chi connectivity index (χ3n) is 10.6. The summed E-state index contributed by atoms with van der Waals surface area (Å²) in [4.78, 5) is 20.9. The first-order valence-corrected chi connectivity index (χ1v) is 16.2. The average Bonchev–Trinajstić information content (AvgIpc) is 3.65. The van der Waals surface area contributed by atoms with Gasteiger partial charge in [0.25, 0.3) is 0 Å². The van der Waals surface area contributed by atoms with Crippen LogP contribution in [0.5, 0.6) is 0 Å². The van der Waals surface area contributed by atoms with Crippen LogP contribution in [0.4, 0.5) is 25.0 Å². The van der Waals surface area contributed by atoms with Crippen molar-refractivity contribution in [1.82, 2.24) is 14.8 Å². The van der Waals surface area contributed by atoms with Gasteiger partial charge in [-0.2, -0.15) is 0 Å². The Labute approximate surface area is 265 Å². The van der Waals surface area contributed by atoms with Crippen LogP contribution in [0.25, 0.3) is 4.85 Å². The van der Waals surface area contributed by atoms with Gasteiger partial charge in [-0.3, -0.25) is 0 Å². The molecule has 0 radical (unpaired) electrons. The van der Waals surface area contributed by atoms with Crippen molar-refractivity contribution in [1.29, 1.82) is 0 Å². The Hall–Kier alpha value is -3.90. The van der Waals surface area contributed by atoms with Crippen LogP contribution in [0.3, 0.4) is 0 Å². The molecule has 7 nitrogen and oxygen atoms in total. The van der Waals surface area contributed by atoms with Crippen LogP contribution in [0.1, 0.15) is 43.4 Å². The molecule has 6 rings (SSSR count). The number of ether oxygens (including phenoxy) is 1. The monoisotopic (exact) mass is 615 g/mol. The maximum absolute atomic E-state index is 15.0. The van der Waals surface area contributed by atoms with E-state index >= 15 is 8.78 Å². The minimum atomic E-state index is -0.626. The predicted molar refractivity (Wildman–Crippen MR) is 171 cm³/mol. The van der Waals surface area contributed by atoms with E-state index in [9.17, 15) is 4.79 Å². The molecule has 2 aliphatic heterocycles. The Morgan fingerprint density at radius 1 is 1.04 bits per heavy atom. The lowest BCUT2D eigenvalue weighted by atomic mass is 9.58. The number of hydrogen-bond donors (Lipinski definition) is 1. The molecule has 0 spiro atoms. The highest BCUT2D eigenvalue weighted by Crippen LogP contribution is 2.52. The fourth-order valence-corrected chi connectivity index (χ4v) is 8.35. The number of aryl methyl sites for hydroxylation is 1. The van der Waals surface area contributed by atoms with Gasteiger partial charge in [-0.15, -0.1) is 0 Å². The fraction of sp³-hybridized carbons (Fsp3) is 0.500. The summed E-state index contributed by atoms with van der Waals surface area (Å²) in [5.74, 6) is -0.503. The van der Waals surface area contributed by atoms with Gasteiger partial charge in [0, 0.05) is 74.1 Å². The second-order valence-corrected chi connectivity index (χ2v) is 13.2. The molecule has 2 aromatic carbocycles. The van der Waals surface area contributed by atoms with E-state index in [0.717, 1.165) is 82.3 Å². The summed E-state index contributed by atoms with van der Waals surface area (Å²) in [6, 6.07) is 15.9. The molecule has 3 fully saturated rings. The topological polar surface area (TPSA) is 54.1 Å². The van der Waals surface area contributed by atoms with E-state index in [4.69, 9.17) is 11.3 Å². The lowest BCUT2D eigenvalue weighted by Crippen LogP contribution is -2.55. The first kappa shape index (κ1) is 31.1. The zero-order valence-electron chi connectivity index (χ0n) is 26.2. The maximum atomic E-state index is 15.0. The lowest BCUT2D eigenvalue weighted by molar-refractivity contribution is 0.00162. The van der Waals surface area contributed by atoms with Crippen molar-refractivity contribution in [2.45, 2.75) is 57.1 Å². The van der Waals surface area contributed by atoms with Crippen molar-refractivity contribution in [3.8, 4) is 0 Å². The van der Waals surface area contributed by atoms with Gasteiger partial charge in [0.05, 0.1) is 6.57 Å². The molecule has 3 atom stereocenters. The van der Waals surface area contributed by atoms with E-state index < -0.39 is 23.1 Å². The van der Waals surface area contributed by atoms with Crippen molar-refractivity contribution < 1.29 is 18.3 Å².